The van der Waals surface area contributed by atoms with Crippen molar-refractivity contribution in [3.8, 4) is 0 Å². The Morgan fingerprint density at radius 3 is 2.20 bits per heavy atom. The van der Waals surface area contributed by atoms with Gasteiger partial charge in [0.15, 0.2) is 0 Å². The van der Waals surface area contributed by atoms with Crippen LogP contribution >= 0.6 is 11.6 Å². The summed E-state index contributed by atoms with van der Waals surface area (Å²) in [6, 6.07) is 14.9. The molecule has 4 heteroatoms. The second-order valence-corrected chi connectivity index (χ2v) is 4.98. The monoisotopic (exact) mass is 288 g/mol. The van der Waals surface area contributed by atoms with Gasteiger partial charge in [-0.15, -0.1) is 0 Å². The molecule has 0 heterocycles. The Morgan fingerprint density at radius 1 is 1.00 bits per heavy atom. The molecule has 0 spiro atoms. The topological polar surface area (TPSA) is 55.1 Å². The summed E-state index contributed by atoms with van der Waals surface area (Å²) in [5.74, 6) is -0.0840. The number of hydrogen-bond acceptors (Lipinski definition) is 2. The molecule has 2 aromatic carbocycles. The van der Waals surface area contributed by atoms with Crippen LogP contribution < -0.4 is 11.1 Å². The minimum absolute atomic E-state index is 0.0840. The highest BCUT2D eigenvalue weighted by Gasteiger charge is 2.05. The van der Waals surface area contributed by atoms with Gasteiger partial charge >= 0.3 is 0 Å². The Bertz CT molecular complexity index is 564. The molecule has 20 heavy (non-hydrogen) atoms. The maximum Gasteiger partial charge on any atom is 0.251 e. The first kappa shape index (κ1) is 14.6. The fourth-order valence-electron chi connectivity index (χ4n) is 1.88. The lowest BCUT2D eigenvalue weighted by atomic mass is 10.1. The maximum atomic E-state index is 12.0. The highest BCUT2D eigenvalue weighted by molar-refractivity contribution is 6.30. The summed E-state index contributed by atoms with van der Waals surface area (Å²) in [6.07, 6.45) is 0.826. The molecule has 0 saturated heterocycles. The zero-order valence-electron chi connectivity index (χ0n) is 11.1. The molecule has 0 aliphatic heterocycles. The van der Waals surface area contributed by atoms with Crippen molar-refractivity contribution in [2.45, 2.75) is 13.0 Å². The average molecular weight is 289 g/mol. The molecule has 0 bridgehead atoms. The van der Waals surface area contributed by atoms with Crippen LogP contribution in [0.5, 0.6) is 0 Å². The number of rotatable bonds is 5. The molecule has 0 aromatic heterocycles. The highest BCUT2D eigenvalue weighted by atomic mass is 35.5. The van der Waals surface area contributed by atoms with Crippen molar-refractivity contribution in [1.29, 1.82) is 0 Å². The van der Waals surface area contributed by atoms with Crippen LogP contribution in [0.1, 0.15) is 21.5 Å². The summed E-state index contributed by atoms with van der Waals surface area (Å²) in [4.78, 5) is 12.0. The molecule has 2 rings (SSSR count). The van der Waals surface area contributed by atoms with E-state index in [-0.39, 0.29) is 5.91 Å². The summed E-state index contributed by atoms with van der Waals surface area (Å²) < 4.78 is 0. The quantitative estimate of drug-likeness (QED) is 0.889. The second-order valence-electron chi connectivity index (χ2n) is 4.54. The lowest BCUT2D eigenvalue weighted by Gasteiger charge is -2.06. The van der Waals surface area contributed by atoms with Crippen LogP contribution in [0.2, 0.25) is 5.02 Å². The summed E-state index contributed by atoms with van der Waals surface area (Å²) in [6.45, 7) is 1.10. The minimum atomic E-state index is -0.0840. The molecule has 2 aromatic rings. The van der Waals surface area contributed by atoms with Crippen molar-refractivity contribution in [2.75, 3.05) is 6.54 Å². The zero-order chi connectivity index (χ0) is 14.4. The summed E-state index contributed by atoms with van der Waals surface area (Å²) in [7, 11) is 0. The minimum Gasteiger partial charge on any atom is -0.348 e. The molecule has 0 radical (unpaired) electrons. The van der Waals surface area contributed by atoms with E-state index < -0.39 is 0 Å². The van der Waals surface area contributed by atoms with Crippen molar-refractivity contribution in [3.05, 3.63) is 70.2 Å². The molecular weight excluding hydrogens is 272 g/mol. The third kappa shape index (κ3) is 4.08. The van der Waals surface area contributed by atoms with E-state index in [1.807, 2.05) is 48.5 Å². The third-order valence-electron chi connectivity index (χ3n) is 3.02. The number of nitrogens with one attached hydrogen (secondary N) is 1. The van der Waals surface area contributed by atoms with Crippen molar-refractivity contribution < 1.29 is 4.79 Å². The van der Waals surface area contributed by atoms with E-state index in [0.29, 0.717) is 23.7 Å². The van der Waals surface area contributed by atoms with Crippen molar-refractivity contribution in [3.63, 3.8) is 0 Å². The molecule has 0 aliphatic rings. The number of nitrogens with two attached hydrogens (primary N) is 1. The second kappa shape index (κ2) is 7.08. The van der Waals surface area contributed by atoms with Crippen LogP contribution in [0.4, 0.5) is 0 Å². The molecule has 3 nitrogen and oxygen atoms in total. The van der Waals surface area contributed by atoms with Crippen LogP contribution in [-0.2, 0) is 13.0 Å². The Balaban J connectivity index is 1.92. The molecule has 0 unspecified atom stereocenters. The first-order valence-electron chi connectivity index (χ1n) is 6.50. The van der Waals surface area contributed by atoms with Gasteiger partial charge in [0, 0.05) is 17.1 Å². The Kier molecular flexibility index (Phi) is 5.16. The SMILES string of the molecule is NCCc1ccc(C(=O)NCc2ccc(Cl)cc2)cc1. The van der Waals surface area contributed by atoms with E-state index in [2.05, 4.69) is 5.32 Å². The van der Waals surface area contributed by atoms with Gasteiger partial charge in [0.25, 0.3) is 5.91 Å². The summed E-state index contributed by atoms with van der Waals surface area (Å²) in [5, 5.41) is 3.57. The molecule has 0 saturated carbocycles. The molecule has 104 valence electrons. The molecule has 0 atom stereocenters. The van der Waals surface area contributed by atoms with Gasteiger partial charge in [-0.1, -0.05) is 35.9 Å². The lowest BCUT2D eigenvalue weighted by molar-refractivity contribution is 0.0951. The maximum absolute atomic E-state index is 12.0. The number of amides is 1. The van der Waals surface area contributed by atoms with Crippen LogP contribution in [0, 0.1) is 0 Å². The molecule has 0 fully saturated rings. The predicted molar refractivity (Wildman–Crippen MR) is 81.8 cm³/mol. The lowest BCUT2D eigenvalue weighted by Crippen LogP contribution is -2.22. The van der Waals surface area contributed by atoms with E-state index in [4.69, 9.17) is 17.3 Å². The van der Waals surface area contributed by atoms with Crippen LogP contribution in [0.25, 0.3) is 0 Å². The Labute approximate surface area is 123 Å². The number of hydrogen-bond donors (Lipinski definition) is 2. The van der Waals surface area contributed by atoms with Gasteiger partial charge in [0.05, 0.1) is 0 Å². The number of carbonyl (C=O) groups excluding carboxylic acids is 1. The van der Waals surface area contributed by atoms with Gasteiger partial charge in [0.2, 0.25) is 0 Å². The summed E-state index contributed by atoms with van der Waals surface area (Å²) >= 11 is 5.81. The molecule has 0 aliphatic carbocycles. The molecule has 1 amide bonds. The number of halogens is 1. The molecular formula is C16H17ClN2O. The van der Waals surface area contributed by atoms with Crippen LogP contribution in [-0.4, -0.2) is 12.5 Å². The number of carbonyl (C=O) groups is 1. The zero-order valence-corrected chi connectivity index (χ0v) is 11.9. The standard InChI is InChI=1S/C16H17ClN2O/c17-15-7-3-13(4-8-15)11-19-16(20)14-5-1-12(2-6-14)9-10-18/h1-8H,9-11,18H2,(H,19,20). The highest BCUT2D eigenvalue weighted by Crippen LogP contribution is 2.10. The van der Waals surface area contributed by atoms with Gasteiger partial charge < -0.3 is 11.1 Å². The van der Waals surface area contributed by atoms with E-state index >= 15 is 0 Å². The van der Waals surface area contributed by atoms with E-state index in [9.17, 15) is 4.79 Å². The Hall–Kier alpha value is -1.84. The van der Waals surface area contributed by atoms with Gasteiger partial charge in [-0.05, 0) is 48.4 Å². The molecule has 3 N–H and O–H groups in total. The van der Waals surface area contributed by atoms with E-state index in [1.54, 1.807) is 0 Å². The first-order valence-corrected chi connectivity index (χ1v) is 6.88. The predicted octanol–water partition coefficient (Wildman–Crippen LogP) is 2.77. The van der Waals surface area contributed by atoms with Gasteiger partial charge in [-0.25, -0.2) is 0 Å². The Morgan fingerprint density at radius 2 is 1.60 bits per heavy atom. The van der Waals surface area contributed by atoms with Crippen molar-refractivity contribution >= 4 is 17.5 Å². The summed E-state index contributed by atoms with van der Waals surface area (Å²) in [5.41, 5.74) is 8.30. The largest absolute Gasteiger partial charge is 0.348 e. The van der Waals surface area contributed by atoms with E-state index in [1.165, 1.54) is 0 Å². The van der Waals surface area contributed by atoms with Gasteiger partial charge in [-0.3, -0.25) is 4.79 Å². The first-order chi connectivity index (χ1) is 9.69. The smallest absolute Gasteiger partial charge is 0.251 e. The fraction of sp³-hybridized carbons (Fsp3) is 0.188. The van der Waals surface area contributed by atoms with E-state index in [0.717, 1.165) is 17.5 Å². The van der Waals surface area contributed by atoms with Crippen LogP contribution in [0.3, 0.4) is 0 Å². The number of benzene rings is 2. The van der Waals surface area contributed by atoms with Crippen molar-refractivity contribution in [2.24, 2.45) is 5.73 Å². The van der Waals surface area contributed by atoms with Gasteiger partial charge in [-0.2, -0.15) is 0 Å². The van der Waals surface area contributed by atoms with Gasteiger partial charge in [0.1, 0.15) is 0 Å². The van der Waals surface area contributed by atoms with Crippen molar-refractivity contribution in [1.82, 2.24) is 5.32 Å². The fourth-order valence-corrected chi connectivity index (χ4v) is 2.00. The third-order valence-corrected chi connectivity index (χ3v) is 3.27. The normalized spacial score (nSPS) is 10.3. The average Bonchev–Trinajstić information content (AvgIpc) is 2.47. The van der Waals surface area contributed by atoms with Crippen LogP contribution in [0.15, 0.2) is 48.5 Å².